The molecule has 190 valence electrons. The minimum Gasteiger partial charge on any atom is -0.543 e. The van der Waals surface area contributed by atoms with Crippen LogP contribution in [0, 0.1) is 0 Å². The summed E-state index contributed by atoms with van der Waals surface area (Å²) in [5.41, 5.74) is 11.4. The quantitative estimate of drug-likeness (QED) is 0.0762. The van der Waals surface area contributed by atoms with Gasteiger partial charge in [0.1, 0.15) is 18.0 Å². The molecule has 1 fully saturated rings. The van der Waals surface area contributed by atoms with Gasteiger partial charge in [0.15, 0.2) is 5.13 Å². The predicted octanol–water partition coefficient (Wildman–Crippen LogP) is -2.14. The summed E-state index contributed by atoms with van der Waals surface area (Å²) in [6.45, 7) is 1.87. The van der Waals surface area contributed by atoms with E-state index < -0.39 is 29.2 Å². The molecule has 14 nitrogen and oxygen atoms in total. The second kappa shape index (κ2) is 10.7. The molecular formula is C19H21N9O5S3. The highest BCUT2D eigenvalue weighted by atomic mass is 32.2. The molecule has 0 spiro atoms. The van der Waals surface area contributed by atoms with E-state index in [4.69, 9.17) is 16.3 Å². The largest absolute Gasteiger partial charge is 0.543 e. The first kappa shape index (κ1) is 25.6. The van der Waals surface area contributed by atoms with Gasteiger partial charge in [0.25, 0.3) is 11.8 Å². The van der Waals surface area contributed by atoms with Crippen molar-refractivity contribution in [3.05, 3.63) is 29.4 Å². The van der Waals surface area contributed by atoms with Crippen molar-refractivity contribution >= 4 is 69.5 Å². The Bertz CT molecular complexity index is 1280. The first-order valence-corrected chi connectivity index (χ1v) is 13.2. The minimum atomic E-state index is -1.47. The molecule has 0 radical (unpaired) electrons. The van der Waals surface area contributed by atoms with Gasteiger partial charge < -0.3 is 31.5 Å². The third-order valence-corrected chi connectivity index (χ3v) is 8.06. The van der Waals surface area contributed by atoms with Crippen LogP contribution in [0.3, 0.4) is 0 Å². The number of aliphatic carboxylic acids is 1. The third-order valence-electron chi connectivity index (χ3n) is 5.05. The topological polar surface area (TPSA) is 206 Å². The summed E-state index contributed by atoms with van der Waals surface area (Å²) in [7, 11) is 1.79. The summed E-state index contributed by atoms with van der Waals surface area (Å²) in [4.78, 5) is 52.2. The number of nitrogens with two attached hydrogens (primary N) is 2. The fraction of sp³-hybridized carbons (Fsp3) is 0.368. The van der Waals surface area contributed by atoms with Crippen LogP contribution in [0.25, 0.3) is 0 Å². The van der Waals surface area contributed by atoms with Gasteiger partial charge in [0, 0.05) is 29.1 Å². The van der Waals surface area contributed by atoms with Crippen molar-refractivity contribution in [3.8, 4) is 0 Å². The van der Waals surface area contributed by atoms with Crippen LogP contribution in [0.5, 0.6) is 0 Å². The van der Waals surface area contributed by atoms with Crippen molar-refractivity contribution in [3.63, 3.8) is 0 Å². The summed E-state index contributed by atoms with van der Waals surface area (Å²) in [6.07, 6.45) is 1.75. The first-order chi connectivity index (χ1) is 17.2. The number of aryl methyl sites for hydroxylation is 1. The van der Waals surface area contributed by atoms with Crippen molar-refractivity contribution in [2.24, 2.45) is 12.2 Å². The number of nitrogens with zero attached hydrogens (tertiary/aromatic N) is 6. The number of anilines is 2. The Morgan fingerprint density at radius 3 is 2.86 bits per heavy atom. The lowest BCUT2D eigenvalue weighted by molar-refractivity contribution is -0.713. The lowest BCUT2D eigenvalue weighted by Crippen LogP contribution is -2.71. The van der Waals surface area contributed by atoms with E-state index in [-0.39, 0.29) is 34.7 Å². The maximum atomic E-state index is 13.0. The number of hydrogen-bond donors (Lipinski definition) is 3. The highest BCUT2D eigenvalue weighted by molar-refractivity contribution is 8.01. The molecule has 2 aromatic rings. The van der Waals surface area contributed by atoms with Crippen molar-refractivity contribution < 1.29 is 28.9 Å². The molecule has 2 aromatic heterocycles. The number of carboxylic acids is 1. The molecule has 0 aliphatic carbocycles. The van der Waals surface area contributed by atoms with Gasteiger partial charge in [-0.05, 0) is 29.2 Å². The molecule has 2 aliphatic heterocycles. The fourth-order valence-corrected chi connectivity index (χ4v) is 6.29. The number of thioether (sulfide) groups is 2. The summed E-state index contributed by atoms with van der Waals surface area (Å²) in [5, 5.41) is 18.4. The molecule has 5 N–H and O–H groups in total. The fourth-order valence-electron chi connectivity index (χ4n) is 3.40. The molecule has 0 saturated carbocycles. The third kappa shape index (κ3) is 5.07. The van der Waals surface area contributed by atoms with E-state index in [0.29, 0.717) is 22.3 Å². The number of nitrogens with one attached hydrogen (secondary N) is 1. The first-order valence-electron chi connectivity index (χ1n) is 10.4. The monoisotopic (exact) mass is 551 g/mol. The van der Waals surface area contributed by atoms with Crippen molar-refractivity contribution in [2.45, 2.75) is 23.5 Å². The number of amides is 2. The summed E-state index contributed by atoms with van der Waals surface area (Å²) >= 11 is 3.49. The van der Waals surface area contributed by atoms with Crippen molar-refractivity contribution in [1.82, 2.24) is 24.6 Å². The van der Waals surface area contributed by atoms with Crippen LogP contribution in [0.1, 0.15) is 12.7 Å². The molecule has 0 bridgehead atoms. The summed E-state index contributed by atoms with van der Waals surface area (Å²) in [5.74, 6) is -1.94. The van der Waals surface area contributed by atoms with Gasteiger partial charge >= 0.3 is 5.16 Å². The lowest BCUT2D eigenvalue weighted by Gasteiger charge is -2.50. The molecule has 2 amide bonds. The van der Waals surface area contributed by atoms with E-state index in [2.05, 4.69) is 24.8 Å². The molecule has 4 heterocycles. The Hall–Kier alpha value is -3.44. The Morgan fingerprint density at radius 2 is 2.19 bits per heavy atom. The number of β-lactam (4-membered cyclic amide) rings is 1. The number of carboxylic acid groups (broad SMARTS) is 1. The van der Waals surface area contributed by atoms with Crippen molar-refractivity contribution in [1.29, 1.82) is 0 Å². The lowest BCUT2D eigenvalue weighted by atomic mass is 10.0. The number of hydrogen-bond acceptors (Lipinski definition) is 14. The van der Waals surface area contributed by atoms with Crippen LogP contribution < -0.4 is 26.5 Å². The van der Waals surface area contributed by atoms with Gasteiger partial charge in [0.05, 0.1) is 24.9 Å². The normalized spacial score (nSPS) is 19.6. The highest BCUT2D eigenvalue weighted by Gasteiger charge is 2.53. The van der Waals surface area contributed by atoms with E-state index in [0.717, 1.165) is 16.4 Å². The van der Waals surface area contributed by atoms with Crippen molar-refractivity contribution in [2.75, 3.05) is 29.6 Å². The maximum Gasteiger partial charge on any atom is 0.361 e. The highest BCUT2D eigenvalue weighted by Crippen LogP contribution is 2.41. The van der Waals surface area contributed by atoms with Crippen LogP contribution in [-0.2, 0) is 26.3 Å². The summed E-state index contributed by atoms with van der Waals surface area (Å²) in [6, 6.07) is 0.663. The number of carbonyl (C=O) groups excluding carboxylic acids is 3. The van der Waals surface area contributed by atoms with E-state index >= 15 is 0 Å². The van der Waals surface area contributed by atoms with Crippen LogP contribution in [0.15, 0.2) is 33.8 Å². The zero-order chi connectivity index (χ0) is 26.0. The van der Waals surface area contributed by atoms with E-state index in [1.807, 2.05) is 0 Å². The van der Waals surface area contributed by atoms with Crippen LogP contribution in [-0.4, -0.2) is 72.3 Å². The molecule has 2 atom stereocenters. The van der Waals surface area contributed by atoms with Gasteiger partial charge in [-0.3, -0.25) is 14.5 Å². The van der Waals surface area contributed by atoms with E-state index in [1.165, 1.54) is 23.5 Å². The van der Waals surface area contributed by atoms with Gasteiger partial charge in [-0.15, -0.1) is 11.8 Å². The molecule has 0 aromatic carbocycles. The van der Waals surface area contributed by atoms with Gasteiger partial charge in [0.2, 0.25) is 17.4 Å². The van der Waals surface area contributed by atoms with E-state index in [1.54, 1.807) is 30.8 Å². The molecule has 17 heteroatoms. The number of carbonyl (C=O) groups is 3. The van der Waals surface area contributed by atoms with Gasteiger partial charge in [-0.25, -0.2) is 4.57 Å². The van der Waals surface area contributed by atoms with Crippen LogP contribution >= 0.6 is 35.1 Å². The Labute approximate surface area is 217 Å². The number of rotatable bonds is 9. The van der Waals surface area contributed by atoms with Gasteiger partial charge in [-0.2, -0.15) is 9.36 Å². The molecular weight excluding hydrogens is 530 g/mol. The van der Waals surface area contributed by atoms with E-state index in [9.17, 15) is 19.5 Å². The number of oxime groups is 1. The molecule has 36 heavy (non-hydrogen) atoms. The zero-order valence-corrected chi connectivity index (χ0v) is 21.5. The predicted molar refractivity (Wildman–Crippen MR) is 130 cm³/mol. The smallest absolute Gasteiger partial charge is 0.361 e. The molecule has 0 unspecified atom stereocenters. The Morgan fingerprint density at radius 1 is 1.42 bits per heavy atom. The minimum absolute atomic E-state index is 0.0404. The second-order valence-electron chi connectivity index (χ2n) is 7.45. The standard InChI is InChI=1S/C19H21N9O5S3/c1-3-33-25-10(13-24-18(21)36-26-13)14(29)23-11-15(30)28-12(17(31)32)8(6-34-16(11)28)7-35-19-22-9(20)4-5-27(19)2/h4-5,11,16,20H,3,6-7H2,1-2H3,(H4,21,23,24,26,29,31,32)/b25-10-/t11-,16-/m1/s1. The second-order valence-corrected chi connectivity index (χ2v) is 10.3. The number of nitrogen functional groups attached to an aromatic ring is 2. The molecule has 2 aliphatic rings. The molecule has 1 saturated heterocycles. The number of fused-ring (bicyclic) bond motifs is 1. The maximum absolute atomic E-state index is 13.0. The Balaban J connectivity index is 1.50. The molecule has 4 rings (SSSR count). The van der Waals surface area contributed by atoms with Crippen LogP contribution in [0.2, 0.25) is 0 Å². The van der Waals surface area contributed by atoms with Crippen LogP contribution in [0.4, 0.5) is 10.9 Å². The average molecular weight is 552 g/mol. The van der Waals surface area contributed by atoms with Gasteiger partial charge in [-0.1, -0.05) is 5.16 Å². The zero-order valence-electron chi connectivity index (χ0n) is 19.0. The SMILES string of the molecule is CCO/N=C(\C(=O)N[C@@H]1C(=O)N2C(C(=O)[O-])=C(CSc3nc(N)cc[n+]3C)CS[C@H]12)c1nsc(N)n1. The summed E-state index contributed by atoms with van der Waals surface area (Å²) < 4.78 is 5.72. The average Bonchev–Trinajstić information content (AvgIpc) is 3.28. The Kier molecular flexibility index (Phi) is 7.60. The number of aromatic nitrogens is 4.